The Bertz CT molecular complexity index is 868. The lowest BCUT2D eigenvalue weighted by Crippen LogP contribution is -2.49. The molecule has 7 heteroatoms. The van der Waals surface area contributed by atoms with Gasteiger partial charge in [-0.05, 0) is 61.2 Å². The largest absolute Gasteiger partial charge is 0.489 e. The number of halogens is 1. The molecule has 1 aliphatic heterocycles. The van der Waals surface area contributed by atoms with E-state index in [1.54, 1.807) is 24.3 Å². The quantitative estimate of drug-likeness (QED) is 0.818. The van der Waals surface area contributed by atoms with E-state index >= 15 is 0 Å². The molecule has 1 aliphatic rings. The molecule has 0 radical (unpaired) electrons. The second kappa shape index (κ2) is 7.96. The van der Waals surface area contributed by atoms with Crippen LogP contribution in [-0.4, -0.2) is 36.5 Å². The summed E-state index contributed by atoms with van der Waals surface area (Å²) in [6, 6.07) is 12.2. The van der Waals surface area contributed by atoms with Crippen molar-refractivity contribution in [2.75, 3.05) is 13.1 Å². The first-order chi connectivity index (χ1) is 12.8. The number of benzene rings is 2. The van der Waals surface area contributed by atoms with Crippen LogP contribution in [0.3, 0.4) is 0 Å². The van der Waals surface area contributed by atoms with Crippen LogP contribution in [0.25, 0.3) is 0 Å². The van der Waals surface area contributed by atoms with Crippen LogP contribution in [0.4, 0.5) is 4.39 Å². The Morgan fingerprint density at radius 2 is 1.81 bits per heavy atom. The van der Waals surface area contributed by atoms with Crippen LogP contribution in [0.2, 0.25) is 0 Å². The molecule has 1 saturated heterocycles. The fourth-order valence-electron chi connectivity index (χ4n) is 3.17. The fourth-order valence-corrected chi connectivity index (χ4v) is 4.73. The maximum absolute atomic E-state index is 12.9. The highest BCUT2D eigenvalue weighted by molar-refractivity contribution is 7.89. The van der Waals surface area contributed by atoms with E-state index in [2.05, 4.69) is 0 Å². The Kier molecular flexibility index (Phi) is 5.83. The Morgan fingerprint density at radius 3 is 2.44 bits per heavy atom. The maximum Gasteiger partial charge on any atom is 0.243 e. The Hall–Kier alpha value is -1.96. The summed E-state index contributed by atoms with van der Waals surface area (Å²) >= 11 is 0. The molecule has 0 saturated carbocycles. The summed E-state index contributed by atoms with van der Waals surface area (Å²) in [4.78, 5) is 0.178. The van der Waals surface area contributed by atoms with Gasteiger partial charge in [0.2, 0.25) is 10.0 Å². The Balaban J connectivity index is 1.67. The number of aliphatic hydroxyl groups is 1. The number of hydrogen-bond donors (Lipinski definition) is 1. The molecular weight excluding hydrogens is 369 g/mol. The molecule has 0 aliphatic carbocycles. The molecule has 3 rings (SSSR count). The van der Waals surface area contributed by atoms with Gasteiger partial charge in [-0.2, -0.15) is 4.31 Å². The first kappa shape index (κ1) is 19.8. The molecule has 0 spiro atoms. The van der Waals surface area contributed by atoms with E-state index in [1.807, 2.05) is 6.92 Å². The third-order valence-electron chi connectivity index (χ3n) is 4.96. The normalized spacial score (nSPS) is 21.1. The van der Waals surface area contributed by atoms with Gasteiger partial charge in [0.25, 0.3) is 0 Å². The summed E-state index contributed by atoms with van der Waals surface area (Å²) in [5, 5.41) is 10.5. The minimum atomic E-state index is -3.66. The topological polar surface area (TPSA) is 66.8 Å². The minimum Gasteiger partial charge on any atom is -0.489 e. The first-order valence-electron chi connectivity index (χ1n) is 9.02. The van der Waals surface area contributed by atoms with Gasteiger partial charge in [0.15, 0.2) is 0 Å². The Morgan fingerprint density at radius 1 is 1.15 bits per heavy atom. The van der Waals surface area contributed by atoms with Gasteiger partial charge >= 0.3 is 0 Å². The number of sulfonamides is 1. The predicted molar refractivity (Wildman–Crippen MR) is 100 cm³/mol. The van der Waals surface area contributed by atoms with Crippen molar-refractivity contribution in [3.8, 4) is 5.75 Å². The maximum atomic E-state index is 12.9. The summed E-state index contributed by atoms with van der Waals surface area (Å²) in [6.45, 7) is 2.66. The minimum absolute atomic E-state index is 0.120. The summed E-state index contributed by atoms with van der Waals surface area (Å²) < 4.78 is 45.6. The Labute approximate surface area is 159 Å². The molecule has 1 N–H and O–H groups in total. The SMILES string of the molecule is CCC1(O)CCCN(S(=O)(=O)c2ccc(OCc3ccc(F)cc3)cc2)C1. The summed E-state index contributed by atoms with van der Waals surface area (Å²) in [7, 11) is -3.66. The molecule has 1 heterocycles. The van der Waals surface area contributed by atoms with Crippen molar-refractivity contribution in [3.63, 3.8) is 0 Å². The lowest BCUT2D eigenvalue weighted by molar-refractivity contribution is -0.0107. The van der Waals surface area contributed by atoms with Crippen molar-refractivity contribution in [2.24, 2.45) is 0 Å². The first-order valence-corrected chi connectivity index (χ1v) is 10.5. The van der Waals surface area contributed by atoms with Crippen molar-refractivity contribution in [1.82, 2.24) is 4.31 Å². The average Bonchev–Trinajstić information content (AvgIpc) is 2.68. The summed E-state index contributed by atoms with van der Waals surface area (Å²) in [5.41, 5.74) is -0.135. The van der Waals surface area contributed by atoms with E-state index in [1.165, 1.54) is 28.6 Å². The molecule has 0 aromatic heterocycles. The standard InChI is InChI=1S/C20H24FNO4S/c1-2-20(23)12-3-13-22(15-20)27(24,25)19-10-8-18(9-11-19)26-14-16-4-6-17(21)7-5-16/h4-11,23H,2-3,12-15H2,1H3. The van der Waals surface area contributed by atoms with Gasteiger partial charge in [-0.25, -0.2) is 12.8 Å². The molecule has 0 amide bonds. The molecule has 0 bridgehead atoms. The zero-order valence-electron chi connectivity index (χ0n) is 15.3. The zero-order chi connectivity index (χ0) is 19.5. The molecule has 146 valence electrons. The molecule has 1 atom stereocenters. The van der Waals surface area contributed by atoms with Crippen LogP contribution in [0.5, 0.6) is 5.75 Å². The van der Waals surface area contributed by atoms with Crippen molar-refractivity contribution >= 4 is 10.0 Å². The van der Waals surface area contributed by atoms with Crippen molar-refractivity contribution in [3.05, 3.63) is 59.9 Å². The molecule has 2 aromatic carbocycles. The van der Waals surface area contributed by atoms with Gasteiger partial charge < -0.3 is 9.84 Å². The van der Waals surface area contributed by atoms with Gasteiger partial charge in [-0.15, -0.1) is 0 Å². The molecule has 27 heavy (non-hydrogen) atoms. The smallest absolute Gasteiger partial charge is 0.243 e. The van der Waals surface area contributed by atoms with Gasteiger partial charge in [-0.1, -0.05) is 19.1 Å². The van der Waals surface area contributed by atoms with E-state index in [9.17, 15) is 17.9 Å². The lowest BCUT2D eigenvalue weighted by atomic mass is 9.92. The number of hydrogen-bond acceptors (Lipinski definition) is 4. The highest BCUT2D eigenvalue weighted by atomic mass is 32.2. The molecule has 5 nitrogen and oxygen atoms in total. The monoisotopic (exact) mass is 393 g/mol. The highest BCUT2D eigenvalue weighted by Gasteiger charge is 2.37. The van der Waals surface area contributed by atoms with Crippen LogP contribution < -0.4 is 4.74 Å². The van der Waals surface area contributed by atoms with Crippen LogP contribution in [-0.2, 0) is 16.6 Å². The van der Waals surface area contributed by atoms with Gasteiger partial charge in [-0.3, -0.25) is 0 Å². The third kappa shape index (κ3) is 4.66. The average molecular weight is 393 g/mol. The molecule has 2 aromatic rings. The van der Waals surface area contributed by atoms with Crippen LogP contribution in [0.1, 0.15) is 31.7 Å². The number of rotatable bonds is 6. The van der Waals surface area contributed by atoms with Crippen LogP contribution in [0.15, 0.2) is 53.4 Å². The molecular formula is C20H24FNO4S. The van der Waals surface area contributed by atoms with Gasteiger partial charge in [0.05, 0.1) is 10.5 Å². The van der Waals surface area contributed by atoms with E-state index in [4.69, 9.17) is 4.74 Å². The van der Waals surface area contributed by atoms with E-state index in [-0.39, 0.29) is 23.9 Å². The second-order valence-electron chi connectivity index (χ2n) is 6.91. The van der Waals surface area contributed by atoms with E-state index in [0.717, 1.165) is 5.56 Å². The van der Waals surface area contributed by atoms with Crippen LogP contribution >= 0.6 is 0 Å². The van der Waals surface area contributed by atoms with Crippen molar-refractivity contribution in [2.45, 2.75) is 43.3 Å². The highest BCUT2D eigenvalue weighted by Crippen LogP contribution is 2.29. The number of nitrogens with zero attached hydrogens (tertiary/aromatic N) is 1. The van der Waals surface area contributed by atoms with E-state index < -0.39 is 15.6 Å². The van der Waals surface area contributed by atoms with Gasteiger partial charge in [0, 0.05) is 13.1 Å². The summed E-state index contributed by atoms with van der Waals surface area (Å²) in [6.07, 6.45) is 1.78. The number of piperidine rings is 1. The van der Waals surface area contributed by atoms with Crippen molar-refractivity contribution < 1.29 is 22.7 Å². The number of β-amino-alcohol motifs (C(OH)–C–C–N with tert-alkyl or cyclic N) is 1. The second-order valence-corrected chi connectivity index (χ2v) is 8.84. The third-order valence-corrected chi connectivity index (χ3v) is 6.82. The van der Waals surface area contributed by atoms with E-state index in [0.29, 0.717) is 31.6 Å². The number of ether oxygens (including phenoxy) is 1. The predicted octanol–water partition coefficient (Wildman–Crippen LogP) is 3.33. The zero-order valence-corrected chi connectivity index (χ0v) is 16.1. The lowest BCUT2D eigenvalue weighted by Gasteiger charge is -2.37. The molecule has 1 unspecified atom stereocenters. The summed E-state index contributed by atoms with van der Waals surface area (Å²) in [5.74, 6) is 0.225. The van der Waals surface area contributed by atoms with Gasteiger partial charge in [0.1, 0.15) is 18.2 Å². The van der Waals surface area contributed by atoms with Crippen LogP contribution in [0, 0.1) is 5.82 Å². The van der Waals surface area contributed by atoms with Crippen molar-refractivity contribution in [1.29, 1.82) is 0 Å². The fraction of sp³-hybridized carbons (Fsp3) is 0.400. The molecule has 1 fully saturated rings.